The van der Waals surface area contributed by atoms with Crippen molar-refractivity contribution < 1.29 is 13.9 Å². The highest BCUT2D eigenvalue weighted by molar-refractivity contribution is 5.89. The number of nitrogens with zero attached hydrogens (tertiary/aromatic N) is 3. The third-order valence-electron chi connectivity index (χ3n) is 3.83. The average Bonchev–Trinajstić information content (AvgIpc) is 3.20. The normalized spacial score (nSPS) is 10.5. The zero-order valence-corrected chi connectivity index (χ0v) is 15.9. The molecule has 0 saturated heterocycles. The van der Waals surface area contributed by atoms with Gasteiger partial charge in [-0.2, -0.15) is 0 Å². The van der Waals surface area contributed by atoms with Crippen molar-refractivity contribution in [2.45, 2.75) is 6.61 Å². The van der Waals surface area contributed by atoms with Gasteiger partial charge in [0.15, 0.2) is 0 Å². The van der Waals surface area contributed by atoms with Crippen LogP contribution in [0.3, 0.4) is 0 Å². The number of rotatable bonds is 8. The third kappa shape index (κ3) is 5.55. The van der Waals surface area contributed by atoms with Gasteiger partial charge < -0.3 is 24.7 Å². The summed E-state index contributed by atoms with van der Waals surface area (Å²) in [5.41, 5.74) is 2.55. The molecule has 8 heteroatoms. The summed E-state index contributed by atoms with van der Waals surface area (Å²) in [4.78, 5) is 13.7. The minimum absolute atomic E-state index is 0.288. The Bertz CT molecular complexity index is 878. The molecule has 0 aliphatic rings. The van der Waals surface area contributed by atoms with Crippen molar-refractivity contribution in [1.29, 1.82) is 0 Å². The van der Waals surface area contributed by atoms with E-state index in [1.165, 1.54) is 0 Å². The lowest BCUT2D eigenvalue weighted by atomic mass is 10.2. The molecule has 0 aliphatic heterocycles. The second-order valence-electron chi connectivity index (χ2n) is 6.28. The van der Waals surface area contributed by atoms with Crippen LogP contribution in [0.1, 0.15) is 5.56 Å². The summed E-state index contributed by atoms with van der Waals surface area (Å²) in [7, 11) is 3.66. The van der Waals surface area contributed by atoms with Crippen molar-refractivity contribution in [3.05, 3.63) is 60.2 Å². The molecule has 28 heavy (non-hydrogen) atoms. The molecule has 2 N–H and O–H groups in total. The van der Waals surface area contributed by atoms with E-state index in [2.05, 4.69) is 20.8 Å². The van der Waals surface area contributed by atoms with Gasteiger partial charge in [-0.3, -0.25) is 0 Å². The largest absolute Gasteiger partial charge is 0.403 e. The highest BCUT2D eigenvalue weighted by Gasteiger charge is 2.10. The lowest BCUT2D eigenvalue weighted by Gasteiger charge is -2.08. The fourth-order valence-corrected chi connectivity index (χ4v) is 2.39. The number of hydrogen-bond donors (Lipinski definition) is 2. The number of nitrogens with one attached hydrogen (secondary N) is 2. The molecular weight excluding hydrogens is 358 g/mol. The molecule has 2 aromatic carbocycles. The maximum Gasteiger partial charge on any atom is 0.319 e. The van der Waals surface area contributed by atoms with E-state index in [1.54, 1.807) is 17.0 Å². The standard InChI is InChI=1S/C20H23N5O3/c1-25(2)20-24-23-18(28-20)16-8-10-17(11-9-16)22-19(26)21-12-13-27-14-15-6-4-3-5-7-15/h3-11H,12-14H2,1-2H3,(H2,21,22,26). The second kappa shape index (κ2) is 9.52. The molecule has 0 atom stereocenters. The summed E-state index contributed by atoms with van der Waals surface area (Å²) in [6, 6.07) is 17.2. The van der Waals surface area contributed by atoms with Crippen LogP contribution < -0.4 is 15.5 Å². The third-order valence-corrected chi connectivity index (χ3v) is 3.83. The van der Waals surface area contributed by atoms with Crippen molar-refractivity contribution in [2.75, 3.05) is 37.5 Å². The molecule has 0 spiro atoms. The van der Waals surface area contributed by atoms with Crippen LogP contribution in [-0.4, -0.2) is 43.5 Å². The van der Waals surface area contributed by atoms with Crippen LogP contribution in [0.5, 0.6) is 0 Å². The first-order valence-electron chi connectivity index (χ1n) is 8.89. The molecule has 1 aromatic heterocycles. The van der Waals surface area contributed by atoms with Crippen molar-refractivity contribution >= 4 is 17.7 Å². The smallest absolute Gasteiger partial charge is 0.319 e. The number of amides is 2. The first-order chi connectivity index (χ1) is 13.6. The van der Waals surface area contributed by atoms with Crippen LogP contribution in [0.15, 0.2) is 59.0 Å². The van der Waals surface area contributed by atoms with Gasteiger partial charge in [0, 0.05) is 31.9 Å². The first kappa shape index (κ1) is 19.4. The van der Waals surface area contributed by atoms with E-state index in [-0.39, 0.29) is 6.03 Å². The van der Waals surface area contributed by atoms with Gasteiger partial charge >= 0.3 is 12.0 Å². The van der Waals surface area contributed by atoms with Gasteiger partial charge in [0.05, 0.1) is 13.2 Å². The Kier molecular flexibility index (Phi) is 6.59. The Morgan fingerprint density at radius 2 is 1.82 bits per heavy atom. The number of urea groups is 1. The molecule has 8 nitrogen and oxygen atoms in total. The number of hydrogen-bond acceptors (Lipinski definition) is 6. The molecule has 0 bridgehead atoms. The quantitative estimate of drug-likeness (QED) is 0.583. The van der Waals surface area contributed by atoms with E-state index in [0.29, 0.717) is 37.4 Å². The summed E-state index contributed by atoms with van der Waals surface area (Å²) in [5.74, 6) is 0.426. The fraction of sp³-hybridized carbons (Fsp3) is 0.250. The van der Waals surface area contributed by atoms with Crippen LogP contribution in [0.4, 0.5) is 16.5 Å². The molecule has 3 aromatic rings. The maximum atomic E-state index is 12.0. The molecule has 0 radical (unpaired) electrons. The van der Waals surface area contributed by atoms with Crippen LogP contribution in [0.2, 0.25) is 0 Å². The molecule has 0 fully saturated rings. The van der Waals surface area contributed by atoms with Gasteiger partial charge in [0.25, 0.3) is 0 Å². The highest BCUT2D eigenvalue weighted by atomic mass is 16.5. The molecule has 146 valence electrons. The Morgan fingerprint density at radius 1 is 1.07 bits per heavy atom. The Balaban J connectivity index is 1.40. The van der Waals surface area contributed by atoms with Gasteiger partial charge in [-0.05, 0) is 29.8 Å². The molecule has 0 aliphatic carbocycles. The predicted molar refractivity (Wildman–Crippen MR) is 107 cm³/mol. The zero-order valence-electron chi connectivity index (χ0n) is 15.9. The van der Waals surface area contributed by atoms with Crippen LogP contribution >= 0.6 is 0 Å². The Morgan fingerprint density at radius 3 is 2.50 bits per heavy atom. The Labute approximate surface area is 163 Å². The predicted octanol–water partition coefficient (Wildman–Crippen LogP) is 3.14. The van der Waals surface area contributed by atoms with E-state index < -0.39 is 0 Å². The zero-order chi connectivity index (χ0) is 19.8. The molecule has 0 saturated carbocycles. The van der Waals surface area contributed by atoms with E-state index in [0.717, 1.165) is 11.1 Å². The van der Waals surface area contributed by atoms with Crippen molar-refractivity contribution in [3.63, 3.8) is 0 Å². The summed E-state index contributed by atoms with van der Waals surface area (Å²) >= 11 is 0. The number of aromatic nitrogens is 2. The van der Waals surface area contributed by atoms with E-state index >= 15 is 0 Å². The van der Waals surface area contributed by atoms with E-state index in [4.69, 9.17) is 9.15 Å². The lowest BCUT2D eigenvalue weighted by Crippen LogP contribution is -2.31. The van der Waals surface area contributed by atoms with Crippen molar-refractivity contribution in [3.8, 4) is 11.5 Å². The SMILES string of the molecule is CN(C)c1nnc(-c2ccc(NC(=O)NCCOCc3ccccc3)cc2)o1. The monoisotopic (exact) mass is 381 g/mol. The van der Waals surface area contributed by atoms with Gasteiger partial charge in [0.1, 0.15) is 0 Å². The topological polar surface area (TPSA) is 92.5 Å². The second-order valence-corrected chi connectivity index (χ2v) is 6.28. The van der Waals surface area contributed by atoms with Gasteiger partial charge in [-0.15, -0.1) is 5.10 Å². The minimum atomic E-state index is -0.288. The molecule has 2 amide bonds. The number of anilines is 2. The van der Waals surface area contributed by atoms with Crippen LogP contribution in [0, 0.1) is 0 Å². The van der Waals surface area contributed by atoms with Crippen molar-refractivity contribution in [1.82, 2.24) is 15.5 Å². The van der Waals surface area contributed by atoms with Gasteiger partial charge in [-0.25, -0.2) is 4.79 Å². The highest BCUT2D eigenvalue weighted by Crippen LogP contribution is 2.22. The first-order valence-corrected chi connectivity index (χ1v) is 8.89. The molecular formula is C20H23N5O3. The molecule has 1 heterocycles. The fourth-order valence-electron chi connectivity index (χ4n) is 2.39. The lowest BCUT2D eigenvalue weighted by molar-refractivity contribution is 0.124. The number of ether oxygens (including phenoxy) is 1. The Hall–Kier alpha value is -3.39. The van der Waals surface area contributed by atoms with Gasteiger partial charge in [0.2, 0.25) is 5.89 Å². The summed E-state index contributed by atoms with van der Waals surface area (Å²) in [6.07, 6.45) is 0. The van der Waals surface area contributed by atoms with Crippen molar-refractivity contribution in [2.24, 2.45) is 0 Å². The number of carbonyl (C=O) groups excluding carboxylic acids is 1. The minimum Gasteiger partial charge on any atom is -0.403 e. The summed E-state index contributed by atoms with van der Waals surface area (Å²) in [6.45, 7) is 1.38. The van der Waals surface area contributed by atoms with Gasteiger partial charge in [-0.1, -0.05) is 35.4 Å². The summed E-state index contributed by atoms with van der Waals surface area (Å²) in [5, 5.41) is 13.5. The number of carbonyl (C=O) groups is 1. The van der Waals surface area contributed by atoms with Crippen LogP contribution in [0.25, 0.3) is 11.5 Å². The summed E-state index contributed by atoms with van der Waals surface area (Å²) < 4.78 is 11.1. The van der Waals surface area contributed by atoms with E-state index in [1.807, 2.05) is 56.6 Å². The van der Waals surface area contributed by atoms with Crippen LogP contribution in [-0.2, 0) is 11.3 Å². The maximum absolute atomic E-state index is 12.0. The average molecular weight is 381 g/mol. The number of benzene rings is 2. The molecule has 0 unspecified atom stereocenters. The molecule has 3 rings (SSSR count). The van der Waals surface area contributed by atoms with E-state index in [9.17, 15) is 4.79 Å².